The lowest BCUT2D eigenvalue weighted by Crippen LogP contribution is -2.23. The van der Waals surface area contributed by atoms with Crippen molar-refractivity contribution in [3.63, 3.8) is 0 Å². The molecule has 0 saturated carbocycles. The molecular formula is C17H18Cl2N4. The van der Waals surface area contributed by atoms with E-state index in [1.54, 1.807) is 6.33 Å². The summed E-state index contributed by atoms with van der Waals surface area (Å²) in [5.41, 5.74) is 3.64. The average molecular weight is 349 g/mol. The molecule has 1 aromatic carbocycles. The smallest absolute Gasteiger partial charge is 0.162 e. The molecule has 0 unspecified atom stereocenters. The van der Waals surface area contributed by atoms with Gasteiger partial charge in [0.1, 0.15) is 6.33 Å². The van der Waals surface area contributed by atoms with Crippen molar-refractivity contribution in [3.05, 3.63) is 51.5 Å². The minimum atomic E-state index is -0.158. The molecule has 0 atom stereocenters. The summed E-state index contributed by atoms with van der Waals surface area (Å²) < 4.78 is 1.96. The molecule has 0 saturated heterocycles. The molecule has 0 spiro atoms. The normalized spacial score (nSPS) is 12.1. The monoisotopic (exact) mass is 348 g/mol. The molecule has 0 N–H and O–H groups in total. The number of hydrogen-bond acceptors (Lipinski definition) is 3. The third-order valence-corrected chi connectivity index (χ3v) is 4.46. The summed E-state index contributed by atoms with van der Waals surface area (Å²) in [6.45, 7) is 8.32. The molecule has 0 radical (unpaired) electrons. The van der Waals surface area contributed by atoms with Crippen molar-refractivity contribution >= 4 is 34.2 Å². The lowest BCUT2D eigenvalue weighted by molar-refractivity contribution is 0.363. The van der Waals surface area contributed by atoms with E-state index in [4.69, 9.17) is 28.3 Å². The summed E-state index contributed by atoms with van der Waals surface area (Å²) in [6.07, 6.45) is 2.25. The second-order valence-electron chi connectivity index (χ2n) is 6.61. The lowest BCUT2D eigenvalue weighted by Gasteiger charge is -2.19. The highest BCUT2D eigenvalue weighted by Gasteiger charge is 2.22. The molecular weight excluding hydrogens is 331 g/mol. The first-order valence-electron chi connectivity index (χ1n) is 7.41. The SMILES string of the molecule is Cc1ncnc2c1c(Cc1ccc(Cl)c(Cl)c1)nn2C(C)(C)C. The first-order valence-corrected chi connectivity index (χ1v) is 8.16. The van der Waals surface area contributed by atoms with Gasteiger partial charge in [-0.3, -0.25) is 0 Å². The van der Waals surface area contributed by atoms with E-state index in [0.717, 1.165) is 28.0 Å². The van der Waals surface area contributed by atoms with Crippen LogP contribution in [0.5, 0.6) is 0 Å². The van der Waals surface area contributed by atoms with E-state index in [0.29, 0.717) is 16.5 Å². The summed E-state index contributed by atoms with van der Waals surface area (Å²) in [4.78, 5) is 8.77. The van der Waals surface area contributed by atoms with Crippen LogP contribution in [0.3, 0.4) is 0 Å². The van der Waals surface area contributed by atoms with Gasteiger partial charge in [-0.15, -0.1) is 0 Å². The summed E-state index contributed by atoms with van der Waals surface area (Å²) in [6, 6.07) is 5.66. The fourth-order valence-electron chi connectivity index (χ4n) is 2.61. The van der Waals surface area contributed by atoms with E-state index in [1.807, 2.05) is 29.8 Å². The number of aryl methyl sites for hydroxylation is 1. The Balaban J connectivity index is 2.15. The number of aromatic nitrogens is 4. The van der Waals surface area contributed by atoms with Crippen LogP contribution >= 0.6 is 23.2 Å². The van der Waals surface area contributed by atoms with Gasteiger partial charge in [0, 0.05) is 6.42 Å². The lowest BCUT2D eigenvalue weighted by atomic mass is 10.1. The molecule has 0 aliphatic carbocycles. The van der Waals surface area contributed by atoms with Gasteiger partial charge in [0.25, 0.3) is 0 Å². The van der Waals surface area contributed by atoms with Gasteiger partial charge in [0.2, 0.25) is 0 Å². The fraction of sp³-hybridized carbons (Fsp3) is 0.353. The minimum absolute atomic E-state index is 0.158. The van der Waals surface area contributed by atoms with Gasteiger partial charge in [-0.25, -0.2) is 14.6 Å². The van der Waals surface area contributed by atoms with Crippen molar-refractivity contribution < 1.29 is 0 Å². The maximum atomic E-state index is 6.13. The summed E-state index contributed by atoms with van der Waals surface area (Å²) in [5.74, 6) is 0. The maximum Gasteiger partial charge on any atom is 0.162 e. The van der Waals surface area contributed by atoms with Crippen LogP contribution in [0.15, 0.2) is 24.5 Å². The second kappa shape index (κ2) is 5.77. The van der Waals surface area contributed by atoms with E-state index < -0.39 is 0 Å². The highest BCUT2D eigenvalue weighted by Crippen LogP contribution is 2.28. The zero-order valence-corrected chi connectivity index (χ0v) is 15.1. The predicted molar refractivity (Wildman–Crippen MR) is 94.3 cm³/mol. The van der Waals surface area contributed by atoms with Crippen molar-refractivity contribution in [1.82, 2.24) is 19.7 Å². The number of fused-ring (bicyclic) bond motifs is 1. The third-order valence-electron chi connectivity index (χ3n) is 3.72. The Labute approximate surface area is 145 Å². The number of nitrogens with zero attached hydrogens (tertiary/aromatic N) is 4. The van der Waals surface area contributed by atoms with Gasteiger partial charge in [-0.2, -0.15) is 5.10 Å². The van der Waals surface area contributed by atoms with Gasteiger partial charge >= 0.3 is 0 Å². The van der Waals surface area contributed by atoms with Crippen LogP contribution in [0.2, 0.25) is 10.0 Å². The molecule has 23 heavy (non-hydrogen) atoms. The van der Waals surface area contributed by atoms with Crippen LogP contribution in [0.1, 0.15) is 37.7 Å². The Morgan fingerprint density at radius 3 is 2.48 bits per heavy atom. The highest BCUT2D eigenvalue weighted by molar-refractivity contribution is 6.42. The molecule has 0 aliphatic rings. The van der Waals surface area contributed by atoms with E-state index in [9.17, 15) is 0 Å². The molecule has 2 aromatic heterocycles. The summed E-state index contributed by atoms with van der Waals surface area (Å²) in [5, 5.41) is 6.92. The molecule has 0 bridgehead atoms. The predicted octanol–water partition coefficient (Wildman–Crippen LogP) is 4.79. The zero-order valence-electron chi connectivity index (χ0n) is 13.6. The Kier molecular flexibility index (Phi) is 4.07. The van der Waals surface area contributed by atoms with Crippen LogP contribution < -0.4 is 0 Å². The molecule has 6 heteroatoms. The van der Waals surface area contributed by atoms with Crippen molar-refractivity contribution in [2.75, 3.05) is 0 Å². The maximum absolute atomic E-state index is 6.13. The first-order chi connectivity index (χ1) is 10.8. The molecule has 0 aliphatic heterocycles. The topological polar surface area (TPSA) is 43.6 Å². The molecule has 3 aromatic rings. The van der Waals surface area contributed by atoms with Crippen molar-refractivity contribution in [2.24, 2.45) is 0 Å². The molecule has 0 amide bonds. The van der Waals surface area contributed by atoms with Crippen LogP contribution in [0.25, 0.3) is 11.0 Å². The number of hydrogen-bond donors (Lipinski definition) is 0. The average Bonchev–Trinajstić information content (AvgIpc) is 2.83. The van der Waals surface area contributed by atoms with Crippen molar-refractivity contribution in [2.45, 2.75) is 39.7 Å². The van der Waals surface area contributed by atoms with Crippen molar-refractivity contribution in [1.29, 1.82) is 0 Å². The van der Waals surface area contributed by atoms with Gasteiger partial charge in [-0.1, -0.05) is 29.3 Å². The van der Waals surface area contributed by atoms with Crippen LogP contribution in [0, 0.1) is 6.92 Å². The van der Waals surface area contributed by atoms with Crippen molar-refractivity contribution in [3.8, 4) is 0 Å². The zero-order chi connectivity index (χ0) is 16.8. The first kappa shape index (κ1) is 16.2. The van der Waals surface area contributed by atoms with Crippen LogP contribution in [-0.2, 0) is 12.0 Å². The fourth-order valence-corrected chi connectivity index (χ4v) is 2.93. The number of halogens is 2. The van der Waals surface area contributed by atoms with Gasteiger partial charge in [0.05, 0.1) is 32.4 Å². The van der Waals surface area contributed by atoms with Gasteiger partial charge in [0.15, 0.2) is 5.65 Å². The Morgan fingerprint density at radius 1 is 1.09 bits per heavy atom. The Morgan fingerprint density at radius 2 is 1.83 bits per heavy atom. The van der Waals surface area contributed by atoms with Gasteiger partial charge in [-0.05, 0) is 45.4 Å². The Bertz CT molecular complexity index is 878. The van der Waals surface area contributed by atoms with E-state index in [-0.39, 0.29) is 5.54 Å². The minimum Gasteiger partial charge on any atom is -0.242 e. The molecule has 0 fully saturated rings. The Hall–Kier alpha value is -1.65. The van der Waals surface area contributed by atoms with E-state index in [1.165, 1.54) is 0 Å². The number of rotatable bonds is 2. The number of benzene rings is 1. The summed E-state index contributed by atoms with van der Waals surface area (Å²) in [7, 11) is 0. The highest BCUT2D eigenvalue weighted by atomic mass is 35.5. The third kappa shape index (κ3) is 3.06. The second-order valence-corrected chi connectivity index (χ2v) is 7.43. The molecule has 4 nitrogen and oxygen atoms in total. The molecule has 2 heterocycles. The largest absolute Gasteiger partial charge is 0.242 e. The van der Waals surface area contributed by atoms with E-state index >= 15 is 0 Å². The molecule has 120 valence electrons. The van der Waals surface area contributed by atoms with Crippen LogP contribution in [0.4, 0.5) is 0 Å². The molecule has 3 rings (SSSR count). The summed E-state index contributed by atoms with van der Waals surface area (Å²) >= 11 is 12.1. The quantitative estimate of drug-likeness (QED) is 0.668. The van der Waals surface area contributed by atoms with Gasteiger partial charge < -0.3 is 0 Å². The van der Waals surface area contributed by atoms with E-state index in [2.05, 4.69) is 30.7 Å². The van der Waals surface area contributed by atoms with Crippen LogP contribution in [-0.4, -0.2) is 19.7 Å². The standard InChI is InChI=1S/C17H18Cl2N4/c1-10-15-14(8-11-5-6-12(18)13(19)7-11)22-23(17(2,3)4)16(15)21-9-20-10/h5-7,9H,8H2,1-4H3.